The molecule has 0 heterocycles. The van der Waals surface area contributed by atoms with Gasteiger partial charge in [0.05, 0.1) is 0 Å². The smallest absolute Gasteiger partial charge is 0.0124 e. The fraction of sp³-hybridized carbons (Fsp3) is 0.826. The Bertz CT molecular complexity index is 448. The van der Waals surface area contributed by atoms with Gasteiger partial charge in [0.2, 0.25) is 0 Å². The summed E-state index contributed by atoms with van der Waals surface area (Å²) in [5.41, 5.74) is 5.76. The average Bonchev–Trinajstić information content (AvgIpc) is 3.09. The summed E-state index contributed by atoms with van der Waals surface area (Å²) >= 11 is 0. The van der Waals surface area contributed by atoms with Crippen molar-refractivity contribution < 1.29 is 0 Å². The molecule has 0 N–H and O–H groups in total. The second-order valence-corrected chi connectivity index (χ2v) is 8.81. The first-order valence-electron chi connectivity index (χ1n) is 10.9. The lowest BCUT2D eigenvalue weighted by molar-refractivity contribution is 0.362. The summed E-state index contributed by atoms with van der Waals surface area (Å²) < 4.78 is 0. The molecule has 0 saturated heterocycles. The van der Waals surface area contributed by atoms with Crippen molar-refractivity contribution in [1.29, 1.82) is 0 Å². The molecule has 23 heavy (non-hydrogen) atoms. The van der Waals surface area contributed by atoms with Crippen molar-refractivity contribution in [3.05, 3.63) is 22.8 Å². The summed E-state index contributed by atoms with van der Waals surface area (Å²) in [4.78, 5) is 0. The Kier molecular flexibility index (Phi) is 5.26. The number of hydrogen-bond donors (Lipinski definition) is 0. The first-order valence-corrected chi connectivity index (χ1v) is 10.9. The summed E-state index contributed by atoms with van der Waals surface area (Å²) in [7, 11) is 0. The van der Waals surface area contributed by atoms with Gasteiger partial charge in [0.25, 0.3) is 0 Å². The third-order valence-corrected chi connectivity index (χ3v) is 7.36. The molecule has 0 atom stereocenters. The van der Waals surface area contributed by atoms with Gasteiger partial charge in [0, 0.05) is 0 Å². The van der Waals surface area contributed by atoms with E-state index in [0.717, 1.165) is 17.8 Å². The molecule has 0 amide bonds. The van der Waals surface area contributed by atoms with Crippen molar-refractivity contribution in [2.24, 2.45) is 17.8 Å². The molecule has 128 valence electrons. The van der Waals surface area contributed by atoms with Crippen molar-refractivity contribution >= 4 is 0 Å². The van der Waals surface area contributed by atoms with E-state index < -0.39 is 0 Å². The van der Waals surface area contributed by atoms with Gasteiger partial charge < -0.3 is 0 Å². The molecule has 0 radical (unpaired) electrons. The molecular formula is C23H36. The van der Waals surface area contributed by atoms with Gasteiger partial charge in [-0.3, -0.25) is 0 Å². The van der Waals surface area contributed by atoms with Gasteiger partial charge in [-0.25, -0.2) is 0 Å². The van der Waals surface area contributed by atoms with Gasteiger partial charge in [-0.05, 0) is 73.8 Å². The minimum atomic E-state index is 0.932. The normalized spacial score (nSPS) is 29.1. The summed E-state index contributed by atoms with van der Waals surface area (Å²) in [6.45, 7) is 0. The molecule has 4 rings (SSSR count). The highest BCUT2D eigenvalue weighted by Gasteiger charge is 2.33. The van der Waals surface area contributed by atoms with Crippen LogP contribution in [0.25, 0.3) is 0 Å². The maximum atomic E-state index is 2.71. The van der Waals surface area contributed by atoms with Crippen LogP contribution in [-0.2, 0) is 0 Å². The lowest BCUT2D eigenvalue weighted by atomic mass is 9.72. The fourth-order valence-corrected chi connectivity index (χ4v) is 6.15. The molecule has 0 aromatic rings. The summed E-state index contributed by atoms with van der Waals surface area (Å²) in [5, 5.41) is 0. The van der Waals surface area contributed by atoms with Gasteiger partial charge in [-0.15, -0.1) is 0 Å². The molecule has 0 aliphatic heterocycles. The molecule has 3 saturated carbocycles. The van der Waals surface area contributed by atoms with Crippen LogP contribution in [0, 0.1) is 17.8 Å². The lowest BCUT2D eigenvalue weighted by Crippen LogP contribution is -2.19. The van der Waals surface area contributed by atoms with Crippen LogP contribution in [0.15, 0.2) is 22.8 Å². The zero-order chi connectivity index (χ0) is 15.5. The first-order chi connectivity index (χ1) is 11.4. The third-order valence-electron chi connectivity index (χ3n) is 7.36. The van der Waals surface area contributed by atoms with E-state index in [1.165, 1.54) is 103 Å². The average molecular weight is 313 g/mol. The molecular weight excluding hydrogens is 276 g/mol. The van der Waals surface area contributed by atoms with Crippen LogP contribution in [-0.4, -0.2) is 0 Å². The highest BCUT2D eigenvalue weighted by molar-refractivity contribution is 5.47. The quantitative estimate of drug-likeness (QED) is 0.511. The van der Waals surface area contributed by atoms with Crippen LogP contribution in [0.3, 0.4) is 0 Å². The van der Waals surface area contributed by atoms with E-state index in [4.69, 9.17) is 0 Å². The summed E-state index contributed by atoms with van der Waals surface area (Å²) in [6.07, 6.45) is 26.4. The standard InChI is InChI=1S/C23H36/c1-4-10-18(11-5-1)21-16-17-22(19-12-6-2-7-13-19)23(21)20-14-8-3-9-15-20/h16,18-20H,1-15,17H2. The Morgan fingerprint density at radius 1 is 0.522 bits per heavy atom. The van der Waals surface area contributed by atoms with E-state index in [1.807, 2.05) is 16.7 Å². The zero-order valence-electron chi connectivity index (χ0n) is 15.1. The van der Waals surface area contributed by atoms with Crippen LogP contribution < -0.4 is 0 Å². The highest BCUT2D eigenvalue weighted by Crippen LogP contribution is 2.49. The van der Waals surface area contributed by atoms with Crippen LogP contribution in [0.4, 0.5) is 0 Å². The van der Waals surface area contributed by atoms with E-state index in [0.29, 0.717) is 0 Å². The van der Waals surface area contributed by atoms with Gasteiger partial charge in [-0.2, -0.15) is 0 Å². The van der Waals surface area contributed by atoms with E-state index in [9.17, 15) is 0 Å². The van der Waals surface area contributed by atoms with Crippen molar-refractivity contribution in [2.45, 2.75) is 103 Å². The van der Waals surface area contributed by atoms with E-state index in [-0.39, 0.29) is 0 Å². The molecule has 0 nitrogen and oxygen atoms in total. The SMILES string of the molecule is C1=C(C2CCCCC2)C(C2CCCCC2)=C(C2CCCCC2)C1. The fourth-order valence-electron chi connectivity index (χ4n) is 6.15. The predicted molar refractivity (Wildman–Crippen MR) is 99.5 cm³/mol. The predicted octanol–water partition coefficient (Wildman–Crippen LogP) is 7.35. The van der Waals surface area contributed by atoms with Gasteiger partial charge in [0.15, 0.2) is 0 Å². The van der Waals surface area contributed by atoms with Crippen LogP contribution in [0.2, 0.25) is 0 Å². The molecule has 0 spiro atoms. The molecule has 0 heteroatoms. The maximum Gasteiger partial charge on any atom is -0.0124 e. The molecule has 0 bridgehead atoms. The van der Waals surface area contributed by atoms with E-state index in [2.05, 4.69) is 6.08 Å². The van der Waals surface area contributed by atoms with Gasteiger partial charge in [-0.1, -0.05) is 69.4 Å². The molecule has 0 aromatic carbocycles. The van der Waals surface area contributed by atoms with Crippen molar-refractivity contribution in [3.63, 3.8) is 0 Å². The number of allylic oxidation sites excluding steroid dienone is 4. The van der Waals surface area contributed by atoms with Gasteiger partial charge >= 0.3 is 0 Å². The molecule has 0 unspecified atom stereocenters. The maximum absolute atomic E-state index is 2.71. The van der Waals surface area contributed by atoms with Crippen LogP contribution in [0.5, 0.6) is 0 Å². The molecule has 4 aliphatic rings. The summed E-state index contributed by atoms with van der Waals surface area (Å²) in [5.74, 6) is 2.83. The van der Waals surface area contributed by atoms with Crippen LogP contribution >= 0.6 is 0 Å². The highest BCUT2D eigenvalue weighted by atomic mass is 14.4. The topological polar surface area (TPSA) is 0 Å². The second-order valence-electron chi connectivity index (χ2n) is 8.81. The summed E-state index contributed by atoms with van der Waals surface area (Å²) in [6, 6.07) is 0. The lowest BCUT2D eigenvalue weighted by Gasteiger charge is -2.33. The molecule has 0 aromatic heterocycles. The Labute approximate surface area is 143 Å². The van der Waals surface area contributed by atoms with Crippen molar-refractivity contribution in [1.82, 2.24) is 0 Å². The third kappa shape index (κ3) is 3.47. The minimum absolute atomic E-state index is 0.932. The van der Waals surface area contributed by atoms with Crippen molar-refractivity contribution in [2.75, 3.05) is 0 Å². The Balaban J connectivity index is 1.60. The zero-order valence-corrected chi connectivity index (χ0v) is 15.1. The largest absolute Gasteiger partial charge is 0.0767 e. The molecule has 3 fully saturated rings. The van der Waals surface area contributed by atoms with Gasteiger partial charge in [0.1, 0.15) is 0 Å². The van der Waals surface area contributed by atoms with E-state index in [1.54, 1.807) is 0 Å². The minimum Gasteiger partial charge on any atom is -0.0767 e. The van der Waals surface area contributed by atoms with Crippen molar-refractivity contribution in [3.8, 4) is 0 Å². The number of rotatable bonds is 3. The Morgan fingerprint density at radius 3 is 1.57 bits per heavy atom. The monoisotopic (exact) mass is 312 g/mol. The second kappa shape index (κ2) is 7.58. The van der Waals surface area contributed by atoms with E-state index >= 15 is 0 Å². The first kappa shape index (κ1) is 16.0. The Morgan fingerprint density at radius 2 is 1.00 bits per heavy atom. The Hall–Kier alpha value is -0.520. The van der Waals surface area contributed by atoms with Crippen LogP contribution in [0.1, 0.15) is 103 Å². The molecule has 4 aliphatic carbocycles. The number of hydrogen-bond acceptors (Lipinski definition) is 0.